The number of nitrogens with zero attached hydrogens (tertiary/aromatic N) is 2. The van der Waals surface area contributed by atoms with Gasteiger partial charge in [-0.15, -0.1) is 22.7 Å². The van der Waals surface area contributed by atoms with Crippen LogP contribution in [0.2, 0.25) is 0 Å². The van der Waals surface area contributed by atoms with E-state index in [0.29, 0.717) is 0 Å². The van der Waals surface area contributed by atoms with E-state index in [9.17, 15) is 0 Å². The van der Waals surface area contributed by atoms with Gasteiger partial charge in [-0.2, -0.15) is 0 Å². The smallest absolute Gasteiger partial charge is 0.0540 e. The highest BCUT2D eigenvalue weighted by molar-refractivity contribution is 7.26. The second-order valence-corrected chi connectivity index (χ2v) is 25.5. The molecule has 16 rings (SSSR count). The average Bonchev–Trinajstić information content (AvgIpc) is 1.65. The largest absolute Gasteiger partial charge is 0.310 e. The van der Waals surface area contributed by atoms with Gasteiger partial charge >= 0.3 is 0 Å². The Morgan fingerprint density at radius 3 is 0.922 bits per heavy atom. The molecule has 4 heteroatoms. The molecule has 16 aromatic rings. The molecular formula is C86H60N2S2. The van der Waals surface area contributed by atoms with Gasteiger partial charge in [0.2, 0.25) is 0 Å². The highest BCUT2D eigenvalue weighted by Gasteiger charge is 2.23. The van der Waals surface area contributed by atoms with Crippen LogP contribution in [0, 0.1) is 13.8 Å². The van der Waals surface area contributed by atoms with Crippen LogP contribution >= 0.6 is 22.7 Å². The molecule has 0 radical (unpaired) electrons. The summed E-state index contributed by atoms with van der Waals surface area (Å²) in [5, 5.41) is 5.16. The van der Waals surface area contributed by atoms with E-state index in [-0.39, 0.29) is 0 Å². The van der Waals surface area contributed by atoms with Crippen molar-refractivity contribution in [2.75, 3.05) is 9.80 Å². The van der Waals surface area contributed by atoms with Crippen LogP contribution in [0.15, 0.2) is 328 Å². The Morgan fingerprint density at radius 2 is 0.511 bits per heavy atom. The first-order valence-electron chi connectivity index (χ1n) is 30.8. The van der Waals surface area contributed by atoms with E-state index < -0.39 is 0 Å². The van der Waals surface area contributed by atoms with Crippen molar-refractivity contribution < 1.29 is 0 Å². The van der Waals surface area contributed by atoms with Gasteiger partial charge in [-0.05, 0) is 201 Å². The number of anilines is 6. The number of para-hydroxylation sites is 2. The van der Waals surface area contributed by atoms with E-state index in [1.54, 1.807) is 0 Å². The number of rotatable bonds is 13. The molecular weight excluding hydrogens is 1130 g/mol. The molecule has 0 aliphatic heterocycles. The van der Waals surface area contributed by atoms with Gasteiger partial charge in [0.15, 0.2) is 0 Å². The third-order valence-electron chi connectivity index (χ3n) is 17.7. The topological polar surface area (TPSA) is 6.48 Å². The summed E-state index contributed by atoms with van der Waals surface area (Å²) in [4.78, 5) is 4.92. The van der Waals surface area contributed by atoms with Gasteiger partial charge in [-0.1, -0.05) is 218 Å². The average molecular weight is 1190 g/mol. The van der Waals surface area contributed by atoms with Gasteiger partial charge in [0.25, 0.3) is 0 Å². The van der Waals surface area contributed by atoms with Crippen LogP contribution in [0.4, 0.5) is 34.1 Å². The molecule has 14 aromatic carbocycles. The van der Waals surface area contributed by atoms with Crippen LogP contribution in [0.5, 0.6) is 0 Å². The van der Waals surface area contributed by atoms with Gasteiger partial charge < -0.3 is 9.80 Å². The molecule has 426 valence electrons. The minimum Gasteiger partial charge on any atom is -0.310 e. The first-order valence-corrected chi connectivity index (χ1v) is 32.4. The summed E-state index contributed by atoms with van der Waals surface area (Å²) in [6.07, 6.45) is 0. The Kier molecular flexibility index (Phi) is 14.1. The Morgan fingerprint density at radius 1 is 0.200 bits per heavy atom. The second kappa shape index (κ2) is 23.3. The fourth-order valence-corrected chi connectivity index (χ4v) is 15.4. The van der Waals surface area contributed by atoms with Crippen LogP contribution < -0.4 is 9.80 Å². The molecule has 0 unspecified atom stereocenters. The molecule has 0 N–H and O–H groups in total. The summed E-state index contributed by atoms with van der Waals surface area (Å²) in [5.74, 6) is 0. The molecule has 2 nitrogen and oxygen atoms in total. The predicted molar refractivity (Wildman–Crippen MR) is 389 cm³/mol. The lowest BCUT2D eigenvalue weighted by atomic mass is 9.96. The Bertz CT molecular complexity index is 4990. The molecule has 0 bridgehead atoms. The number of thiophene rings is 2. The third-order valence-corrected chi connectivity index (χ3v) is 20.0. The standard InChI is InChI=1S/C86H60N2S2/c1-57-51-67(39-47-79(57)87(71-43-35-61(36-44-71)65-25-17-23-63(53-65)59-19-5-3-6-20-59)81-31-13-9-27-73(81)69-41-49-85-77(55-69)75-29-11-15-33-83(75)89-85)68-40-48-80(58(2)52-68)88(72-45-37-62(38-46-72)66-26-18-24-64(54-66)60-21-7-4-8-22-60)82-32-14-10-28-74(82)70-42-50-86-78(56-70)76-30-12-16-34-84(76)90-86/h3-56H,1-2H3. The SMILES string of the molecule is Cc1cc(-c2ccc(N(c3ccc(-c4cccc(-c5ccccc5)c4)cc3)c3ccccc3-c3ccc4sc5ccccc5c4c3)c(C)c2)ccc1N(c1ccc(-c2cccc(-c3ccccc3)c2)cc1)c1ccccc1-c1ccc2sc3ccccc3c2c1. The van der Waals surface area contributed by atoms with E-state index >= 15 is 0 Å². The van der Waals surface area contributed by atoms with E-state index in [0.717, 1.165) is 45.3 Å². The molecule has 0 aliphatic rings. The van der Waals surface area contributed by atoms with Crippen molar-refractivity contribution in [3.8, 4) is 77.9 Å². The quantitative estimate of drug-likeness (QED) is 0.114. The van der Waals surface area contributed by atoms with E-state index in [1.807, 2.05) is 22.7 Å². The van der Waals surface area contributed by atoms with Crippen LogP contribution in [0.25, 0.3) is 118 Å². The van der Waals surface area contributed by atoms with Crippen molar-refractivity contribution in [3.05, 3.63) is 339 Å². The molecule has 0 saturated heterocycles. The second-order valence-electron chi connectivity index (χ2n) is 23.3. The summed E-state index contributed by atoms with van der Waals surface area (Å²) in [6.45, 7) is 4.53. The number of benzene rings is 14. The number of hydrogen-bond donors (Lipinski definition) is 0. The Labute approximate surface area is 533 Å². The van der Waals surface area contributed by atoms with Crippen LogP contribution in [-0.4, -0.2) is 0 Å². The molecule has 0 atom stereocenters. The Hall–Kier alpha value is -10.9. The molecule has 2 heterocycles. The maximum Gasteiger partial charge on any atom is 0.0540 e. The molecule has 0 aliphatic carbocycles. The highest BCUT2D eigenvalue weighted by atomic mass is 32.1. The van der Waals surface area contributed by atoms with Gasteiger partial charge in [-0.3, -0.25) is 0 Å². The first-order chi connectivity index (χ1) is 44.4. The van der Waals surface area contributed by atoms with Gasteiger partial charge in [-0.25, -0.2) is 0 Å². The lowest BCUT2D eigenvalue weighted by molar-refractivity contribution is 1.24. The van der Waals surface area contributed by atoms with Crippen molar-refractivity contribution in [2.45, 2.75) is 13.8 Å². The number of fused-ring (bicyclic) bond motifs is 6. The van der Waals surface area contributed by atoms with E-state index in [1.165, 1.54) is 118 Å². The van der Waals surface area contributed by atoms with Crippen LogP contribution in [0.3, 0.4) is 0 Å². The fourth-order valence-electron chi connectivity index (χ4n) is 13.2. The summed E-state index contributed by atoms with van der Waals surface area (Å²) < 4.78 is 5.21. The summed E-state index contributed by atoms with van der Waals surface area (Å²) in [6, 6.07) is 121. The van der Waals surface area contributed by atoms with Gasteiger partial charge in [0.1, 0.15) is 0 Å². The maximum absolute atomic E-state index is 2.46. The van der Waals surface area contributed by atoms with Gasteiger partial charge in [0.05, 0.1) is 11.4 Å². The molecule has 0 amide bonds. The minimum absolute atomic E-state index is 1.08. The van der Waals surface area contributed by atoms with Crippen molar-refractivity contribution in [1.29, 1.82) is 0 Å². The predicted octanol–water partition coefficient (Wildman–Crippen LogP) is 25.6. The van der Waals surface area contributed by atoms with Crippen molar-refractivity contribution in [2.24, 2.45) is 0 Å². The molecule has 0 fully saturated rings. The Balaban J connectivity index is 0.788. The first kappa shape index (κ1) is 54.5. The summed E-state index contributed by atoms with van der Waals surface area (Å²) >= 11 is 3.72. The van der Waals surface area contributed by atoms with Crippen molar-refractivity contribution in [1.82, 2.24) is 0 Å². The van der Waals surface area contributed by atoms with Crippen LogP contribution in [-0.2, 0) is 0 Å². The minimum atomic E-state index is 1.08. The monoisotopic (exact) mass is 1180 g/mol. The lowest BCUT2D eigenvalue weighted by Crippen LogP contribution is -2.13. The lowest BCUT2D eigenvalue weighted by Gasteiger charge is -2.30. The maximum atomic E-state index is 2.46. The normalized spacial score (nSPS) is 11.4. The number of hydrogen-bond acceptors (Lipinski definition) is 4. The summed E-state index contributed by atoms with van der Waals surface area (Å²) in [7, 11) is 0. The zero-order valence-electron chi connectivity index (χ0n) is 49.9. The fraction of sp³-hybridized carbons (Fsp3) is 0.0233. The molecule has 0 spiro atoms. The third kappa shape index (κ3) is 10.2. The highest BCUT2D eigenvalue weighted by Crippen LogP contribution is 2.48. The number of aryl methyl sites for hydroxylation is 2. The summed E-state index contributed by atoms with van der Waals surface area (Å²) in [5.41, 5.74) is 25.5. The van der Waals surface area contributed by atoms with E-state index in [4.69, 9.17) is 0 Å². The zero-order valence-corrected chi connectivity index (χ0v) is 51.5. The molecule has 90 heavy (non-hydrogen) atoms. The van der Waals surface area contributed by atoms with Crippen LogP contribution in [0.1, 0.15) is 11.1 Å². The van der Waals surface area contributed by atoms with Crippen molar-refractivity contribution >= 4 is 97.1 Å². The molecule has 2 aromatic heterocycles. The van der Waals surface area contributed by atoms with Gasteiger partial charge in [0, 0.05) is 74.2 Å². The molecule has 0 saturated carbocycles. The van der Waals surface area contributed by atoms with E-state index in [2.05, 4.69) is 351 Å². The zero-order chi connectivity index (χ0) is 60.1. The van der Waals surface area contributed by atoms with Crippen molar-refractivity contribution in [3.63, 3.8) is 0 Å².